The Bertz CT molecular complexity index is 1110. The van der Waals surface area contributed by atoms with Crippen LogP contribution in [0.2, 0.25) is 0 Å². The van der Waals surface area contributed by atoms with Gasteiger partial charge in [-0.25, -0.2) is 15.0 Å². The van der Waals surface area contributed by atoms with Crippen LogP contribution in [-0.4, -0.2) is 43.7 Å². The Labute approximate surface area is 166 Å². The molecular formula is C19H19N7O3. The van der Waals surface area contributed by atoms with Gasteiger partial charge in [0.2, 0.25) is 5.76 Å². The molecule has 4 heterocycles. The number of rotatable bonds is 7. The van der Waals surface area contributed by atoms with Crippen LogP contribution in [0, 0.1) is 13.8 Å². The summed E-state index contributed by atoms with van der Waals surface area (Å²) in [7, 11) is 0. The first-order chi connectivity index (χ1) is 14.1. The third-order valence-electron chi connectivity index (χ3n) is 4.12. The lowest BCUT2D eigenvalue weighted by Gasteiger charge is -2.10. The van der Waals surface area contributed by atoms with Crippen molar-refractivity contribution in [2.75, 3.05) is 18.4 Å². The van der Waals surface area contributed by atoms with Crippen LogP contribution in [0.1, 0.15) is 22.1 Å². The van der Waals surface area contributed by atoms with Crippen molar-refractivity contribution in [1.82, 2.24) is 30.0 Å². The van der Waals surface area contributed by atoms with E-state index >= 15 is 0 Å². The standard InChI is InChI=1S/C19H19N7O3/c1-12-23-17(11-18(24-12)26-8-7-20-13(26)2)21-5-6-22-19(27)14-10-16(29-25-14)15-4-3-9-28-15/h3-4,7-11H,5-6H2,1-2H3,(H,22,27)(H,21,23,24). The van der Waals surface area contributed by atoms with E-state index in [1.807, 2.05) is 30.7 Å². The molecule has 10 nitrogen and oxygen atoms in total. The van der Waals surface area contributed by atoms with Crippen molar-refractivity contribution in [3.05, 3.63) is 60.3 Å². The summed E-state index contributed by atoms with van der Waals surface area (Å²) in [6.45, 7) is 4.59. The summed E-state index contributed by atoms with van der Waals surface area (Å²) in [5, 5.41) is 9.74. The van der Waals surface area contributed by atoms with Gasteiger partial charge in [0.05, 0.1) is 6.26 Å². The van der Waals surface area contributed by atoms with Crippen LogP contribution in [0.4, 0.5) is 5.82 Å². The molecule has 0 aromatic carbocycles. The summed E-state index contributed by atoms with van der Waals surface area (Å²) in [6, 6.07) is 6.83. The van der Waals surface area contributed by atoms with Crippen LogP contribution in [0.5, 0.6) is 0 Å². The minimum absolute atomic E-state index is 0.187. The summed E-state index contributed by atoms with van der Waals surface area (Å²) in [4.78, 5) is 25.2. The highest BCUT2D eigenvalue weighted by molar-refractivity contribution is 5.92. The fraction of sp³-hybridized carbons (Fsp3) is 0.211. The molecule has 0 fully saturated rings. The molecular weight excluding hydrogens is 374 g/mol. The number of aromatic nitrogens is 5. The molecule has 4 aromatic rings. The molecule has 1 amide bonds. The van der Waals surface area contributed by atoms with E-state index in [0.29, 0.717) is 36.3 Å². The number of amides is 1. The van der Waals surface area contributed by atoms with Gasteiger partial charge < -0.3 is 19.6 Å². The number of hydrogen-bond donors (Lipinski definition) is 2. The fourth-order valence-corrected chi connectivity index (χ4v) is 2.76. The van der Waals surface area contributed by atoms with Gasteiger partial charge in [0.15, 0.2) is 11.5 Å². The lowest BCUT2D eigenvalue weighted by molar-refractivity contribution is 0.0946. The van der Waals surface area contributed by atoms with Crippen LogP contribution < -0.4 is 10.6 Å². The van der Waals surface area contributed by atoms with Crippen LogP contribution in [0.3, 0.4) is 0 Å². The van der Waals surface area contributed by atoms with Crippen molar-refractivity contribution < 1.29 is 13.7 Å². The third kappa shape index (κ3) is 4.15. The topological polar surface area (TPSA) is 124 Å². The second-order valence-electron chi connectivity index (χ2n) is 6.24. The molecule has 10 heteroatoms. The zero-order valence-electron chi connectivity index (χ0n) is 15.9. The number of anilines is 1. The first-order valence-corrected chi connectivity index (χ1v) is 8.99. The van der Waals surface area contributed by atoms with Crippen molar-refractivity contribution in [3.8, 4) is 17.3 Å². The lowest BCUT2D eigenvalue weighted by atomic mass is 10.3. The highest BCUT2D eigenvalue weighted by atomic mass is 16.5. The molecule has 0 bridgehead atoms. The van der Waals surface area contributed by atoms with Crippen LogP contribution in [-0.2, 0) is 0 Å². The largest absolute Gasteiger partial charge is 0.461 e. The molecule has 0 aliphatic heterocycles. The Morgan fingerprint density at radius 1 is 1.17 bits per heavy atom. The monoisotopic (exact) mass is 393 g/mol. The molecule has 0 aliphatic rings. The van der Waals surface area contributed by atoms with Crippen LogP contribution >= 0.6 is 0 Å². The molecule has 0 atom stereocenters. The van der Waals surface area contributed by atoms with E-state index in [2.05, 4.69) is 30.7 Å². The molecule has 0 radical (unpaired) electrons. The molecule has 0 saturated carbocycles. The van der Waals surface area contributed by atoms with Crippen molar-refractivity contribution >= 4 is 11.7 Å². The Balaban J connectivity index is 1.32. The van der Waals surface area contributed by atoms with E-state index in [1.54, 1.807) is 18.3 Å². The van der Waals surface area contributed by atoms with Crippen molar-refractivity contribution in [2.45, 2.75) is 13.8 Å². The number of hydrogen-bond acceptors (Lipinski definition) is 8. The Kier molecular flexibility index (Phi) is 5.06. The molecule has 2 N–H and O–H groups in total. The second-order valence-corrected chi connectivity index (χ2v) is 6.24. The Morgan fingerprint density at radius 3 is 2.83 bits per heavy atom. The number of aryl methyl sites for hydroxylation is 2. The number of carbonyl (C=O) groups excluding carboxylic acids is 1. The zero-order chi connectivity index (χ0) is 20.2. The van der Waals surface area contributed by atoms with E-state index in [1.165, 1.54) is 12.3 Å². The first-order valence-electron chi connectivity index (χ1n) is 8.99. The maximum absolute atomic E-state index is 12.2. The molecule has 148 valence electrons. The van der Waals surface area contributed by atoms with E-state index in [0.717, 1.165) is 11.6 Å². The maximum atomic E-state index is 12.2. The predicted molar refractivity (Wildman–Crippen MR) is 104 cm³/mol. The van der Waals surface area contributed by atoms with E-state index < -0.39 is 0 Å². The van der Waals surface area contributed by atoms with Gasteiger partial charge in [-0.05, 0) is 26.0 Å². The summed E-state index contributed by atoms with van der Waals surface area (Å²) in [6.07, 6.45) is 5.09. The van der Waals surface area contributed by atoms with Gasteiger partial charge in [-0.2, -0.15) is 0 Å². The number of imidazole rings is 1. The summed E-state index contributed by atoms with van der Waals surface area (Å²) in [5.41, 5.74) is 0.187. The predicted octanol–water partition coefficient (Wildman–Crippen LogP) is 2.37. The summed E-state index contributed by atoms with van der Waals surface area (Å²) < 4.78 is 12.2. The molecule has 0 saturated heterocycles. The Morgan fingerprint density at radius 2 is 2.07 bits per heavy atom. The number of furan rings is 1. The van der Waals surface area contributed by atoms with Crippen molar-refractivity contribution in [2.24, 2.45) is 0 Å². The minimum Gasteiger partial charge on any atom is -0.461 e. The van der Waals surface area contributed by atoms with E-state index in [-0.39, 0.29) is 11.6 Å². The van der Waals surface area contributed by atoms with Gasteiger partial charge in [-0.3, -0.25) is 9.36 Å². The normalized spacial score (nSPS) is 10.8. The fourth-order valence-electron chi connectivity index (χ4n) is 2.76. The zero-order valence-corrected chi connectivity index (χ0v) is 15.9. The average molecular weight is 393 g/mol. The van der Waals surface area contributed by atoms with Crippen LogP contribution in [0.15, 0.2) is 51.9 Å². The molecule has 4 rings (SSSR count). The van der Waals surface area contributed by atoms with Crippen molar-refractivity contribution in [3.63, 3.8) is 0 Å². The summed E-state index contributed by atoms with van der Waals surface area (Å²) >= 11 is 0. The SMILES string of the molecule is Cc1nc(NCCNC(=O)c2cc(-c3ccco3)on2)cc(-n2ccnc2C)n1. The van der Waals surface area contributed by atoms with Gasteiger partial charge in [0, 0.05) is 37.6 Å². The van der Waals surface area contributed by atoms with E-state index in [4.69, 9.17) is 8.94 Å². The number of carbonyl (C=O) groups is 1. The van der Waals surface area contributed by atoms with Gasteiger partial charge in [-0.15, -0.1) is 0 Å². The number of nitrogens with one attached hydrogen (secondary N) is 2. The average Bonchev–Trinajstić information content (AvgIpc) is 3.45. The first kappa shape index (κ1) is 18.4. The third-order valence-corrected chi connectivity index (χ3v) is 4.12. The van der Waals surface area contributed by atoms with E-state index in [9.17, 15) is 4.79 Å². The molecule has 0 aliphatic carbocycles. The molecule has 0 spiro atoms. The van der Waals surface area contributed by atoms with Gasteiger partial charge in [0.25, 0.3) is 5.91 Å². The molecule has 4 aromatic heterocycles. The highest BCUT2D eigenvalue weighted by Gasteiger charge is 2.14. The van der Waals surface area contributed by atoms with Crippen molar-refractivity contribution in [1.29, 1.82) is 0 Å². The second kappa shape index (κ2) is 7.97. The number of nitrogens with zero attached hydrogens (tertiary/aromatic N) is 5. The van der Waals surface area contributed by atoms with Gasteiger partial charge >= 0.3 is 0 Å². The smallest absolute Gasteiger partial charge is 0.273 e. The maximum Gasteiger partial charge on any atom is 0.273 e. The quantitative estimate of drug-likeness (QED) is 0.459. The van der Waals surface area contributed by atoms with Gasteiger partial charge in [-0.1, -0.05) is 5.16 Å². The summed E-state index contributed by atoms with van der Waals surface area (Å²) in [5.74, 6) is 3.45. The lowest BCUT2D eigenvalue weighted by Crippen LogP contribution is -2.29. The van der Waals surface area contributed by atoms with Gasteiger partial charge in [0.1, 0.15) is 23.3 Å². The Hall–Kier alpha value is -3.95. The highest BCUT2D eigenvalue weighted by Crippen LogP contribution is 2.20. The molecule has 0 unspecified atom stereocenters. The minimum atomic E-state index is -0.332. The van der Waals surface area contributed by atoms with Crippen LogP contribution in [0.25, 0.3) is 17.3 Å². The molecule has 29 heavy (non-hydrogen) atoms.